The zero-order valence-corrected chi connectivity index (χ0v) is 30.2. The molecule has 0 unspecified atom stereocenters. The molecule has 0 saturated heterocycles. The van der Waals surface area contributed by atoms with Crippen LogP contribution in [0.15, 0.2) is 36.4 Å². The summed E-state index contributed by atoms with van der Waals surface area (Å²) in [5.41, 5.74) is 0.716. The number of benzene rings is 1. The molecular formula is C39H60N2O8. The van der Waals surface area contributed by atoms with Crippen LogP contribution in [0.25, 0.3) is 0 Å². The molecule has 0 radical (unpaired) electrons. The van der Waals surface area contributed by atoms with E-state index >= 15 is 0 Å². The highest BCUT2D eigenvalue weighted by Gasteiger charge is 2.46. The average molecular weight is 685 g/mol. The lowest BCUT2D eigenvalue weighted by molar-refractivity contribution is -0.167. The summed E-state index contributed by atoms with van der Waals surface area (Å²) in [6, 6.07) is 5.89. The number of carbonyl (C=O) groups excluding carboxylic acids is 3. The Balaban J connectivity index is 2.93. The Morgan fingerprint density at radius 2 is 1.53 bits per heavy atom. The molecule has 0 spiro atoms. The number of unbranched alkanes of at least 4 members (excludes halogenated alkanes) is 8. The number of ether oxygens (including phenoxy) is 1. The van der Waals surface area contributed by atoms with Crippen molar-refractivity contribution in [3.8, 4) is 17.6 Å². The minimum Gasteiger partial charge on any atom is -0.481 e. The summed E-state index contributed by atoms with van der Waals surface area (Å²) >= 11 is 0. The third-order valence-corrected chi connectivity index (χ3v) is 8.23. The lowest BCUT2D eigenvalue weighted by Gasteiger charge is -2.31. The number of hydroxylamine groups is 1. The summed E-state index contributed by atoms with van der Waals surface area (Å²) in [6.45, 7) is 8.03. The Kier molecular flexibility index (Phi) is 23.2. The fraction of sp³-hybridized carbons (Fsp3) is 0.641. The molecule has 49 heavy (non-hydrogen) atoms. The predicted molar refractivity (Wildman–Crippen MR) is 192 cm³/mol. The van der Waals surface area contributed by atoms with Gasteiger partial charge in [-0.2, -0.15) is 0 Å². The van der Waals surface area contributed by atoms with E-state index in [9.17, 15) is 29.4 Å². The summed E-state index contributed by atoms with van der Waals surface area (Å²) < 4.78 is 5.56. The van der Waals surface area contributed by atoms with Crippen LogP contribution in [-0.4, -0.2) is 58.6 Å². The second-order valence-corrected chi connectivity index (χ2v) is 12.5. The number of nitrogens with one attached hydrogen (secondary N) is 2. The van der Waals surface area contributed by atoms with E-state index in [-0.39, 0.29) is 26.1 Å². The van der Waals surface area contributed by atoms with Crippen LogP contribution < -0.4 is 15.5 Å². The number of ketones is 1. The number of rotatable bonds is 28. The third kappa shape index (κ3) is 18.0. The number of hydrogen-bond acceptors (Lipinski definition) is 7. The van der Waals surface area contributed by atoms with Gasteiger partial charge >= 0.3 is 5.97 Å². The van der Waals surface area contributed by atoms with Crippen LogP contribution in [0.5, 0.6) is 5.75 Å². The molecule has 3 atom stereocenters. The normalized spacial score (nSPS) is 13.5. The molecule has 1 rings (SSSR count). The molecule has 0 aliphatic carbocycles. The van der Waals surface area contributed by atoms with Gasteiger partial charge in [-0.25, -0.2) is 10.3 Å². The van der Waals surface area contributed by atoms with Gasteiger partial charge in [-0.05, 0) is 63.1 Å². The number of amides is 2. The van der Waals surface area contributed by atoms with Gasteiger partial charge < -0.3 is 20.3 Å². The van der Waals surface area contributed by atoms with Crippen molar-refractivity contribution in [2.45, 2.75) is 142 Å². The average Bonchev–Trinajstić information content (AvgIpc) is 3.08. The first-order valence-corrected chi connectivity index (χ1v) is 18.1. The van der Waals surface area contributed by atoms with Gasteiger partial charge in [-0.1, -0.05) is 95.9 Å². The second kappa shape index (κ2) is 26.2. The molecule has 274 valence electrons. The van der Waals surface area contributed by atoms with Crippen molar-refractivity contribution in [3.63, 3.8) is 0 Å². The van der Waals surface area contributed by atoms with E-state index in [0.717, 1.165) is 38.5 Å². The first-order valence-electron chi connectivity index (χ1n) is 18.1. The topological polar surface area (TPSA) is 151 Å². The van der Waals surface area contributed by atoms with Gasteiger partial charge in [0.1, 0.15) is 24.2 Å². The predicted octanol–water partition coefficient (Wildman–Crippen LogP) is 6.63. The van der Waals surface area contributed by atoms with Crippen molar-refractivity contribution < 1.29 is 39.0 Å². The van der Waals surface area contributed by atoms with Crippen LogP contribution >= 0.6 is 0 Å². The smallest absolute Gasteiger partial charge is 0.336 e. The van der Waals surface area contributed by atoms with Crippen molar-refractivity contribution >= 4 is 23.6 Å². The van der Waals surface area contributed by atoms with Crippen LogP contribution in [0.2, 0.25) is 0 Å². The Hall–Kier alpha value is -3.68. The highest BCUT2D eigenvalue weighted by molar-refractivity contribution is 5.93. The van der Waals surface area contributed by atoms with E-state index in [1.807, 2.05) is 6.92 Å². The minimum atomic E-state index is -2.37. The van der Waals surface area contributed by atoms with Crippen LogP contribution in [0.4, 0.5) is 0 Å². The highest BCUT2D eigenvalue weighted by atomic mass is 16.6. The van der Waals surface area contributed by atoms with E-state index < -0.39 is 35.3 Å². The number of hydrogen-bond donors (Lipinski definition) is 4. The van der Waals surface area contributed by atoms with E-state index in [2.05, 4.69) is 29.6 Å². The molecule has 0 fully saturated rings. The zero-order valence-electron chi connectivity index (χ0n) is 30.2. The zero-order chi connectivity index (χ0) is 36.3. The van der Waals surface area contributed by atoms with Gasteiger partial charge in [0.05, 0.1) is 12.5 Å². The van der Waals surface area contributed by atoms with Crippen molar-refractivity contribution in [2.75, 3.05) is 13.2 Å². The Morgan fingerprint density at radius 1 is 0.878 bits per heavy atom. The van der Waals surface area contributed by atoms with Gasteiger partial charge in [0.15, 0.2) is 5.60 Å². The van der Waals surface area contributed by atoms with Gasteiger partial charge in [-0.3, -0.25) is 19.2 Å². The van der Waals surface area contributed by atoms with E-state index in [1.54, 1.807) is 44.2 Å². The summed E-state index contributed by atoms with van der Waals surface area (Å²) in [6.07, 6.45) is 15.0. The van der Waals surface area contributed by atoms with Gasteiger partial charge in [0.25, 0.3) is 5.91 Å². The van der Waals surface area contributed by atoms with E-state index in [1.165, 1.54) is 25.3 Å². The van der Waals surface area contributed by atoms with Gasteiger partial charge in [-0.15, -0.1) is 5.92 Å². The molecule has 0 saturated carbocycles. The number of Topliss-reactive ketones (excluding diaryl/α,β-unsaturated/α-hetero) is 1. The van der Waals surface area contributed by atoms with Gasteiger partial charge in [0.2, 0.25) is 5.91 Å². The summed E-state index contributed by atoms with van der Waals surface area (Å²) in [4.78, 5) is 56.6. The molecular weight excluding hydrogens is 624 g/mol. The molecule has 0 aliphatic rings. The van der Waals surface area contributed by atoms with Crippen LogP contribution in [0.1, 0.15) is 130 Å². The molecule has 1 aromatic carbocycles. The third-order valence-electron chi connectivity index (χ3n) is 8.23. The molecule has 10 nitrogen and oxygen atoms in total. The number of carboxylic acids is 1. The van der Waals surface area contributed by atoms with Crippen molar-refractivity contribution in [2.24, 2.45) is 5.92 Å². The molecule has 0 bridgehead atoms. The first kappa shape index (κ1) is 43.3. The SMILES string of the molecule is CC#CCOc1ccc(C[C@H](NC(=O)[C@@H](/C=C/CCCCCCC(=O)CCCCCCC)[C@@](O)(CCC)C(=O)O)C(=O)NOCCC)cc1. The van der Waals surface area contributed by atoms with Crippen LogP contribution in [-0.2, 0) is 30.4 Å². The maximum Gasteiger partial charge on any atom is 0.336 e. The Bertz CT molecular complexity index is 1200. The van der Waals surface area contributed by atoms with Crippen molar-refractivity contribution in [3.05, 3.63) is 42.0 Å². The lowest BCUT2D eigenvalue weighted by atomic mass is 9.82. The Morgan fingerprint density at radius 3 is 2.12 bits per heavy atom. The summed E-state index contributed by atoms with van der Waals surface area (Å²) in [5.74, 6) is 2.16. The maximum atomic E-state index is 13.7. The highest BCUT2D eigenvalue weighted by Crippen LogP contribution is 2.27. The fourth-order valence-electron chi connectivity index (χ4n) is 5.38. The largest absolute Gasteiger partial charge is 0.481 e. The minimum absolute atomic E-state index is 0.0825. The molecule has 2 amide bonds. The molecule has 0 heterocycles. The number of carbonyl (C=O) groups is 4. The fourth-order valence-corrected chi connectivity index (χ4v) is 5.38. The summed E-state index contributed by atoms with van der Waals surface area (Å²) in [5, 5.41) is 24.0. The monoisotopic (exact) mass is 684 g/mol. The molecule has 10 heteroatoms. The number of aliphatic hydroxyl groups is 1. The number of allylic oxidation sites excluding steroid dienone is 1. The molecule has 0 aromatic heterocycles. The summed E-state index contributed by atoms with van der Waals surface area (Å²) in [7, 11) is 0. The number of aliphatic carboxylic acids is 1. The molecule has 4 N–H and O–H groups in total. The van der Waals surface area contributed by atoms with Gasteiger partial charge in [0, 0.05) is 19.3 Å². The lowest BCUT2D eigenvalue weighted by Crippen LogP contribution is -2.56. The van der Waals surface area contributed by atoms with E-state index in [4.69, 9.17) is 9.57 Å². The second-order valence-electron chi connectivity index (χ2n) is 12.5. The quantitative estimate of drug-likeness (QED) is 0.0332. The van der Waals surface area contributed by atoms with Crippen molar-refractivity contribution in [1.82, 2.24) is 10.8 Å². The number of carboxylic acid groups (broad SMARTS) is 1. The maximum absolute atomic E-state index is 13.7. The molecule has 0 aliphatic heterocycles. The van der Waals surface area contributed by atoms with Crippen molar-refractivity contribution in [1.29, 1.82) is 0 Å². The molecule has 1 aromatic rings. The van der Waals surface area contributed by atoms with Crippen LogP contribution in [0, 0.1) is 17.8 Å². The van der Waals surface area contributed by atoms with Crippen LogP contribution in [0.3, 0.4) is 0 Å². The Labute approximate surface area is 293 Å². The van der Waals surface area contributed by atoms with E-state index in [0.29, 0.717) is 49.2 Å². The standard InChI is InChI=1S/C39H60N2O8/c1-5-9-11-14-17-20-32(42)21-18-15-12-13-16-19-22-34(39(47,27-7-3)38(45)46)36(43)40-35(37(44)41-49-28-8-4)30-31-23-25-33(26-24-31)48-29-10-6-2/h19,22-26,34-35,47H,5,7-9,11-18,20-21,27-30H2,1-4H3,(H,40,43)(H,41,44)(H,45,46)/b22-19+/t34-,35+,39+/m1/s1. The first-order chi connectivity index (χ1) is 23.6.